The molecular weight excluding hydrogens is 450 g/mol. The Morgan fingerprint density at radius 1 is 1.22 bits per heavy atom. The molecule has 0 saturated carbocycles. The number of para-hydroxylation sites is 1. The molecule has 1 aliphatic heterocycles. The van der Waals surface area contributed by atoms with Crippen LogP contribution in [0.1, 0.15) is 6.42 Å². The van der Waals surface area contributed by atoms with Crippen molar-refractivity contribution in [3.8, 4) is 17.0 Å². The van der Waals surface area contributed by atoms with Crippen LogP contribution in [-0.2, 0) is 9.59 Å². The molecule has 1 aliphatic rings. The summed E-state index contributed by atoms with van der Waals surface area (Å²) < 4.78 is 56.9. The molecule has 32 heavy (non-hydrogen) atoms. The normalized spacial score (nSPS) is 16.0. The number of carbonyl (C=O) groups excluding carboxylic acids is 2. The number of rotatable bonds is 6. The van der Waals surface area contributed by atoms with Gasteiger partial charge in [0.1, 0.15) is 17.4 Å². The quantitative estimate of drug-likeness (QED) is 0.537. The van der Waals surface area contributed by atoms with E-state index >= 15 is 0 Å². The van der Waals surface area contributed by atoms with E-state index in [1.165, 1.54) is 6.07 Å². The number of amides is 2. The highest BCUT2D eigenvalue weighted by Crippen LogP contribution is 2.34. The van der Waals surface area contributed by atoms with Gasteiger partial charge in [0, 0.05) is 30.0 Å². The lowest BCUT2D eigenvalue weighted by Crippen LogP contribution is -2.28. The molecular formula is C21H15F4N3O3S. The van der Waals surface area contributed by atoms with Crippen molar-refractivity contribution in [3.05, 3.63) is 59.5 Å². The molecule has 4 rings (SSSR count). The van der Waals surface area contributed by atoms with Crippen molar-refractivity contribution in [1.82, 2.24) is 4.98 Å². The first-order valence-electron chi connectivity index (χ1n) is 9.38. The summed E-state index contributed by atoms with van der Waals surface area (Å²) in [4.78, 5) is 30.3. The lowest BCUT2D eigenvalue weighted by molar-refractivity contribution is -0.122. The number of benzene rings is 2. The molecule has 1 N–H and O–H groups in total. The molecule has 1 aromatic heterocycles. The minimum atomic E-state index is -3.00. The van der Waals surface area contributed by atoms with Crippen LogP contribution < -0.4 is 15.0 Å². The third kappa shape index (κ3) is 4.57. The number of nitrogens with one attached hydrogen (secondary N) is 1. The number of nitrogens with zero attached hydrogens (tertiary/aromatic N) is 2. The summed E-state index contributed by atoms with van der Waals surface area (Å²) in [5.74, 6) is -3.45. The molecule has 11 heteroatoms. The van der Waals surface area contributed by atoms with Gasteiger partial charge in [-0.3, -0.25) is 9.59 Å². The second kappa shape index (κ2) is 8.95. The fourth-order valence-corrected chi connectivity index (χ4v) is 4.07. The van der Waals surface area contributed by atoms with Gasteiger partial charge in [0.05, 0.1) is 17.3 Å². The standard InChI is InChI=1S/C21H15F4N3O3S/c22-12-5-6-16(14(23)8-12)28-9-11(7-18(28)29)19(30)27-21-26-15(10-32-21)13-3-1-2-4-17(13)31-20(24)25/h1-6,8,10-11,20H,7,9H2,(H,26,27,30). The molecule has 166 valence electrons. The maximum absolute atomic E-state index is 14.0. The Hall–Kier alpha value is -3.47. The van der Waals surface area contributed by atoms with E-state index in [9.17, 15) is 27.2 Å². The minimum absolute atomic E-state index is 0.0518. The number of aromatic nitrogens is 1. The summed E-state index contributed by atoms with van der Waals surface area (Å²) in [5.41, 5.74) is 0.566. The van der Waals surface area contributed by atoms with Crippen molar-refractivity contribution < 1.29 is 31.9 Å². The van der Waals surface area contributed by atoms with Crippen LogP contribution >= 0.6 is 11.3 Å². The highest BCUT2D eigenvalue weighted by Gasteiger charge is 2.36. The van der Waals surface area contributed by atoms with E-state index in [-0.39, 0.29) is 29.5 Å². The summed E-state index contributed by atoms with van der Waals surface area (Å²) in [6, 6.07) is 8.97. The van der Waals surface area contributed by atoms with E-state index in [2.05, 4.69) is 15.0 Å². The van der Waals surface area contributed by atoms with Gasteiger partial charge in [-0.15, -0.1) is 11.3 Å². The number of hydrogen-bond acceptors (Lipinski definition) is 5. The molecule has 1 atom stereocenters. The highest BCUT2D eigenvalue weighted by molar-refractivity contribution is 7.14. The Labute approximate surface area is 183 Å². The maximum atomic E-state index is 14.0. The van der Waals surface area contributed by atoms with Crippen molar-refractivity contribution in [3.63, 3.8) is 0 Å². The predicted octanol–water partition coefficient (Wildman–Crippen LogP) is 4.68. The van der Waals surface area contributed by atoms with E-state index in [0.29, 0.717) is 17.3 Å². The first-order chi connectivity index (χ1) is 15.3. The number of hydrogen-bond donors (Lipinski definition) is 1. The van der Waals surface area contributed by atoms with Crippen LogP contribution in [0.4, 0.5) is 28.4 Å². The summed E-state index contributed by atoms with van der Waals surface area (Å²) >= 11 is 1.07. The van der Waals surface area contributed by atoms with E-state index in [0.717, 1.165) is 28.4 Å². The van der Waals surface area contributed by atoms with Gasteiger partial charge in [-0.25, -0.2) is 13.8 Å². The predicted molar refractivity (Wildman–Crippen MR) is 110 cm³/mol. The van der Waals surface area contributed by atoms with E-state index in [1.807, 2.05) is 0 Å². The Morgan fingerprint density at radius 3 is 2.75 bits per heavy atom. The molecule has 6 nitrogen and oxygen atoms in total. The summed E-state index contributed by atoms with van der Waals surface area (Å²) in [7, 11) is 0. The van der Waals surface area contributed by atoms with E-state index < -0.39 is 36.0 Å². The summed E-state index contributed by atoms with van der Waals surface area (Å²) in [6.45, 7) is -3.07. The van der Waals surface area contributed by atoms with Crippen LogP contribution in [0.5, 0.6) is 5.75 Å². The molecule has 2 amide bonds. The molecule has 1 unspecified atom stereocenters. The average molecular weight is 465 g/mol. The van der Waals surface area contributed by atoms with Crippen molar-refractivity contribution in [2.24, 2.45) is 5.92 Å². The number of anilines is 2. The van der Waals surface area contributed by atoms with Gasteiger partial charge in [0.2, 0.25) is 11.8 Å². The molecule has 0 radical (unpaired) electrons. The molecule has 0 bridgehead atoms. The van der Waals surface area contributed by atoms with Crippen molar-refractivity contribution >= 4 is 34.0 Å². The molecule has 0 aliphatic carbocycles. The van der Waals surface area contributed by atoms with Gasteiger partial charge >= 0.3 is 6.61 Å². The zero-order chi connectivity index (χ0) is 22.8. The Kier molecular flexibility index (Phi) is 6.08. The lowest BCUT2D eigenvalue weighted by Gasteiger charge is -2.17. The first-order valence-corrected chi connectivity index (χ1v) is 10.3. The molecule has 2 heterocycles. The highest BCUT2D eigenvalue weighted by atomic mass is 32.1. The smallest absolute Gasteiger partial charge is 0.387 e. The second-order valence-corrected chi connectivity index (χ2v) is 7.76. The lowest BCUT2D eigenvalue weighted by atomic mass is 10.1. The zero-order valence-corrected chi connectivity index (χ0v) is 17.0. The third-order valence-corrected chi connectivity index (χ3v) is 5.57. The Morgan fingerprint density at radius 2 is 2.00 bits per heavy atom. The summed E-state index contributed by atoms with van der Waals surface area (Å²) in [5, 5.41) is 4.37. The average Bonchev–Trinajstić information content (AvgIpc) is 3.35. The monoisotopic (exact) mass is 465 g/mol. The fourth-order valence-electron chi connectivity index (χ4n) is 3.36. The van der Waals surface area contributed by atoms with Gasteiger partial charge in [0.15, 0.2) is 5.13 Å². The van der Waals surface area contributed by atoms with Crippen molar-refractivity contribution in [1.29, 1.82) is 0 Å². The molecule has 2 aromatic carbocycles. The van der Waals surface area contributed by atoms with Crippen LogP contribution in [0.25, 0.3) is 11.3 Å². The largest absolute Gasteiger partial charge is 0.434 e. The van der Waals surface area contributed by atoms with Crippen molar-refractivity contribution in [2.75, 3.05) is 16.8 Å². The van der Waals surface area contributed by atoms with Gasteiger partial charge in [-0.2, -0.15) is 8.78 Å². The SMILES string of the molecule is O=C(Nc1nc(-c2ccccc2OC(F)F)cs1)C1CC(=O)N(c2ccc(F)cc2F)C1. The zero-order valence-electron chi connectivity index (χ0n) is 16.2. The second-order valence-electron chi connectivity index (χ2n) is 6.90. The first kappa shape index (κ1) is 21.8. The van der Waals surface area contributed by atoms with E-state index in [1.54, 1.807) is 23.6 Å². The van der Waals surface area contributed by atoms with Crippen LogP contribution in [-0.4, -0.2) is 30.0 Å². The van der Waals surface area contributed by atoms with Crippen molar-refractivity contribution in [2.45, 2.75) is 13.0 Å². The summed E-state index contributed by atoms with van der Waals surface area (Å²) in [6.07, 6.45) is -0.147. The van der Waals surface area contributed by atoms with E-state index in [4.69, 9.17) is 0 Å². The van der Waals surface area contributed by atoms with Gasteiger partial charge in [-0.05, 0) is 24.3 Å². The van der Waals surface area contributed by atoms with Crippen LogP contribution in [0.3, 0.4) is 0 Å². The van der Waals surface area contributed by atoms with Crippen LogP contribution in [0, 0.1) is 17.6 Å². The molecule has 1 fully saturated rings. The molecule has 0 spiro atoms. The number of carbonyl (C=O) groups is 2. The van der Waals surface area contributed by atoms with Gasteiger partial charge < -0.3 is 15.0 Å². The fraction of sp³-hybridized carbons (Fsp3) is 0.190. The third-order valence-electron chi connectivity index (χ3n) is 4.81. The Bertz CT molecular complexity index is 1170. The van der Waals surface area contributed by atoms with Gasteiger partial charge in [0.25, 0.3) is 0 Å². The number of alkyl halides is 2. The molecule has 3 aromatic rings. The van der Waals surface area contributed by atoms with Crippen LogP contribution in [0.2, 0.25) is 0 Å². The van der Waals surface area contributed by atoms with Crippen LogP contribution in [0.15, 0.2) is 47.8 Å². The number of ether oxygens (including phenoxy) is 1. The minimum Gasteiger partial charge on any atom is -0.434 e. The molecule has 1 saturated heterocycles. The van der Waals surface area contributed by atoms with Gasteiger partial charge in [-0.1, -0.05) is 12.1 Å². The number of halogens is 4. The maximum Gasteiger partial charge on any atom is 0.387 e. The Balaban J connectivity index is 1.46. The number of thiazole rings is 1. The topological polar surface area (TPSA) is 71.5 Å².